The molecule has 0 unspecified atom stereocenters. The summed E-state index contributed by atoms with van der Waals surface area (Å²) in [5, 5.41) is 10.8. The van der Waals surface area contributed by atoms with Crippen LogP contribution in [0.25, 0.3) is 0 Å². The molecule has 0 spiro atoms. The zero-order valence-corrected chi connectivity index (χ0v) is 13.8. The average molecular weight is 332 g/mol. The van der Waals surface area contributed by atoms with E-state index < -0.39 is 5.54 Å². The van der Waals surface area contributed by atoms with Crippen LogP contribution in [-0.4, -0.2) is 42.3 Å². The molecular formula is C15H19Cl2NO3. The van der Waals surface area contributed by atoms with Crippen LogP contribution >= 0.6 is 23.2 Å². The summed E-state index contributed by atoms with van der Waals surface area (Å²) in [5.74, 6) is -0.409. The van der Waals surface area contributed by atoms with Crippen molar-refractivity contribution >= 4 is 29.2 Å². The molecule has 1 aliphatic heterocycles. The van der Waals surface area contributed by atoms with Crippen LogP contribution in [0.2, 0.25) is 10.0 Å². The summed E-state index contributed by atoms with van der Waals surface area (Å²) in [7, 11) is 3.22. The van der Waals surface area contributed by atoms with Crippen molar-refractivity contribution in [3.05, 3.63) is 33.8 Å². The van der Waals surface area contributed by atoms with Crippen LogP contribution in [0.15, 0.2) is 18.2 Å². The van der Waals surface area contributed by atoms with Crippen LogP contribution in [0.4, 0.5) is 0 Å². The maximum Gasteiger partial charge on any atom is 0.326 e. The molecular weight excluding hydrogens is 313 g/mol. The Morgan fingerprint density at radius 1 is 1.52 bits per heavy atom. The minimum Gasteiger partial charge on any atom is -0.468 e. The van der Waals surface area contributed by atoms with Gasteiger partial charge in [0.25, 0.3) is 0 Å². The van der Waals surface area contributed by atoms with E-state index in [-0.39, 0.29) is 24.5 Å². The van der Waals surface area contributed by atoms with Gasteiger partial charge in [-0.25, -0.2) is 0 Å². The number of halogens is 2. The lowest BCUT2D eigenvalue weighted by Crippen LogP contribution is -2.47. The molecule has 1 fully saturated rings. The Morgan fingerprint density at radius 3 is 2.71 bits per heavy atom. The molecule has 0 aliphatic carbocycles. The maximum absolute atomic E-state index is 12.1. The zero-order chi connectivity index (χ0) is 15.8. The number of methoxy groups -OCH3 is 1. The second-order valence-electron chi connectivity index (χ2n) is 5.63. The zero-order valence-electron chi connectivity index (χ0n) is 12.3. The highest BCUT2D eigenvalue weighted by Crippen LogP contribution is 2.47. The van der Waals surface area contributed by atoms with Crippen LogP contribution in [-0.2, 0) is 9.53 Å². The topological polar surface area (TPSA) is 49.8 Å². The molecule has 1 aromatic carbocycles. The molecule has 1 N–H and O–H groups in total. The van der Waals surface area contributed by atoms with E-state index in [1.807, 2.05) is 24.9 Å². The number of likely N-dealkylation sites (N-methyl/N-ethyl adjacent to an activating group) is 1. The van der Waals surface area contributed by atoms with Gasteiger partial charge in [0.05, 0.1) is 7.11 Å². The number of nitrogens with zero attached hydrogens (tertiary/aromatic N) is 1. The number of aliphatic hydroxyl groups excluding tert-OH is 1. The Hall–Kier alpha value is -0.810. The van der Waals surface area contributed by atoms with Gasteiger partial charge in [-0.1, -0.05) is 29.3 Å². The van der Waals surface area contributed by atoms with Crippen LogP contribution in [0, 0.1) is 5.92 Å². The summed E-state index contributed by atoms with van der Waals surface area (Å²) in [4.78, 5) is 14.0. The molecule has 0 saturated carbocycles. The highest BCUT2D eigenvalue weighted by molar-refractivity contribution is 6.35. The van der Waals surface area contributed by atoms with Gasteiger partial charge in [0.1, 0.15) is 5.54 Å². The lowest BCUT2D eigenvalue weighted by molar-refractivity contribution is -0.152. The molecule has 1 aromatic rings. The van der Waals surface area contributed by atoms with E-state index >= 15 is 0 Å². The van der Waals surface area contributed by atoms with E-state index in [2.05, 4.69) is 0 Å². The largest absolute Gasteiger partial charge is 0.468 e. The Bertz CT molecular complexity index is 552. The molecule has 1 aliphatic rings. The lowest BCUT2D eigenvalue weighted by atomic mass is 9.91. The summed E-state index contributed by atoms with van der Waals surface area (Å²) in [6.07, 6.45) is 0.510. The monoisotopic (exact) mass is 331 g/mol. The number of benzene rings is 1. The van der Waals surface area contributed by atoms with Crippen molar-refractivity contribution in [2.45, 2.75) is 24.9 Å². The number of rotatable bonds is 3. The molecule has 1 saturated heterocycles. The van der Waals surface area contributed by atoms with Crippen molar-refractivity contribution in [2.24, 2.45) is 5.92 Å². The van der Waals surface area contributed by atoms with E-state index in [0.717, 1.165) is 5.56 Å². The van der Waals surface area contributed by atoms with E-state index in [4.69, 9.17) is 27.9 Å². The fourth-order valence-corrected chi connectivity index (χ4v) is 3.73. The van der Waals surface area contributed by atoms with E-state index in [0.29, 0.717) is 16.5 Å². The third-order valence-corrected chi connectivity index (χ3v) is 5.01. The first kappa shape index (κ1) is 16.6. The minimum atomic E-state index is -0.782. The molecule has 3 atom stereocenters. The average Bonchev–Trinajstić information content (AvgIpc) is 2.71. The summed E-state index contributed by atoms with van der Waals surface area (Å²) in [6, 6.07) is 5.12. The first-order valence-corrected chi connectivity index (χ1v) is 7.48. The van der Waals surface area contributed by atoms with Crippen molar-refractivity contribution < 1.29 is 14.6 Å². The molecule has 116 valence electrons. The van der Waals surface area contributed by atoms with Crippen LogP contribution in [0.3, 0.4) is 0 Å². The number of likely N-dealkylation sites (tertiary alicyclic amines) is 1. The van der Waals surface area contributed by atoms with E-state index in [9.17, 15) is 9.90 Å². The van der Waals surface area contributed by atoms with Gasteiger partial charge in [-0.3, -0.25) is 9.69 Å². The van der Waals surface area contributed by atoms with Crippen LogP contribution < -0.4 is 0 Å². The molecule has 6 heteroatoms. The van der Waals surface area contributed by atoms with Gasteiger partial charge in [-0.15, -0.1) is 0 Å². The van der Waals surface area contributed by atoms with Gasteiger partial charge in [0.15, 0.2) is 0 Å². The van der Waals surface area contributed by atoms with Gasteiger partial charge in [-0.05, 0) is 38.1 Å². The molecule has 21 heavy (non-hydrogen) atoms. The quantitative estimate of drug-likeness (QED) is 0.865. The molecule has 0 bridgehead atoms. The molecule has 0 radical (unpaired) electrons. The molecule has 0 aromatic heterocycles. The predicted octanol–water partition coefficient (Wildman–Crippen LogP) is 2.91. The van der Waals surface area contributed by atoms with Gasteiger partial charge in [-0.2, -0.15) is 0 Å². The van der Waals surface area contributed by atoms with Crippen molar-refractivity contribution in [1.82, 2.24) is 4.90 Å². The number of esters is 1. The fourth-order valence-electron chi connectivity index (χ4n) is 3.20. The van der Waals surface area contributed by atoms with Gasteiger partial charge < -0.3 is 9.84 Å². The Morgan fingerprint density at radius 2 is 2.19 bits per heavy atom. The SMILES string of the molecule is COC(=O)[C@]1(C)C[C@@H](CO)[C@@H](c2ccc(Cl)cc2Cl)N1C. The molecule has 1 heterocycles. The summed E-state index contributed by atoms with van der Waals surface area (Å²) in [5.41, 5.74) is 0.0747. The number of aliphatic hydroxyl groups is 1. The first-order chi connectivity index (χ1) is 9.85. The van der Waals surface area contributed by atoms with Crippen LogP contribution in [0.5, 0.6) is 0 Å². The third-order valence-electron chi connectivity index (χ3n) is 4.44. The first-order valence-electron chi connectivity index (χ1n) is 6.72. The maximum atomic E-state index is 12.1. The fraction of sp³-hybridized carbons (Fsp3) is 0.533. The highest BCUT2D eigenvalue weighted by Gasteiger charge is 2.52. The molecule has 0 amide bonds. The number of carbonyl (C=O) groups is 1. The summed E-state index contributed by atoms with van der Waals surface area (Å²) in [6.45, 7) is 1.80. The van der Waals surface area contributed by atoms with E-state index in [1.54, 1.807) is 12.1 Å². The van der Waals surface area contributed by atoms with Gasteiger partial charge in [0.2, 0.25) is 0 Å². The molecule has 4 nitrogen and oxygen atoms in total. The van der Waals surface area contributed by atoms with Crippen molar-refractivity contribution in [2.75, 3.05) is 20.8 Å². The van der Waals surface area contributed by atoms with Crippen molar-refractivity contribution in [1.29, 1.82) is 0 Å². The smallest absolute Gasteiger partial charge is 0.326 e. The Labute approximate surface area is 134 Å². The summed E-state index contributed by atoms with van der Waals surface area (Å²) >= 11 is 12.2. The number of hydrogen-bond acceptors (Lipinski definition) is 4. The molecule has 2 rings (SSSR count). The second kappa shape index (κ2) is 6.13. The standard InChI is InChI=1S/C15H19Cl2NO3/c1-15(14(20)21-3)7-9(8-19)13(18(15)2)11-5-4-10(16)6-12(11)17/h4-6,9,13,19H,7-8H2,1-3H3/t9-,13-,15-/m0/s1. The van der Waals surface area contributed by atoms with Gasteiger partial charge in [0, 0.05) is 28.6 Å². The summed E-state index contributed by atoms with van der Waals surface area (Å²) < 4.78 is 4.92. The number of hydrogen-bond donors (Lipinski definition) is 1. The van der Waals surface area contributed by atoms with Crippen molar-refractivity contribution in [3.8, 4) is 0 Å². The number of carbonyl (C=O) groups excluding carboxylic acids is 1. The van der Waals surface area contributed by atoms with Crippen LogP contribution in [0.1, 0.15) is 24.9 Å². The number of ether oxygens (including phenoxy) is 1. The second-order valence-corrected chi connectivity index (χ2v) is 6.48. The Balaban J connectivity index is 2.44. The predicted molar refractivity (Wildman–Crippen MR) is 82.6 cm³/mol. The highest BCUT2D eigenvalue weighted by atomic mass is 35.5. The third kappa shape index (κ3) is 2.78. The Kier molecular flexibility index (Phi) is 4.83. The van der Waals surface area contributed by atoms with E-state index in [1.165, 1.54) is 7.11 Å². The minimum absolute atomic E-state index is 0.0272. The lowest BCUT2D eigenvalue weighted by Gasteiger charge is -2.33. The van der Waals surface area contributed by atoms with Crippen molar-refractivity contribution in [3.63, 3.8) is 0 Å². The normalized spacial score (nSPS) is 29.6. The van der Waals surface area contributed by atoms with Gasteiger partial charge >= 0.3 is 5.97 Å².